The molecule has 38 valence electrons. The lowest BCUT2D eigenvalue weighted by Crippen LogP contribution is -1.97. The molecule has 1 aliphatic heterocycles. The van der Waals surface area contributed by atoms with E-state index in [4.69, 9.17) is 0 Å². The minimum Gasteiger partial charge on any atom is -0.0582 e. The Morgan fingerprint density at radius 1 is 1.29 bits per heavy atom. The Balaban J connectivity index is 2.12. The predicted octanol–water partition coefficient (Wildman–Crippen LogP) is 1.71. The van der Waals surface area contributed by atoms with E-state index in [9.17, 15) is 0 Å². The molecule has 0 N–H and O–H groups in total. The zero-order valence-corrected chi connectivity index (χ0v) is 5.48. The molecule has 1 saturated carbocycles. The van der Waals surface area contributed by atoms with Crippen LogP contribution < -0.4 is 0 Å². The molecule has 0 aromatic heterocycles. The number of rotatable bonds is 0. The van der Waals surface area contributed by atoms with E-state index in [2.05, 4.69) is 0 Å². The van der Waals surface area contributed by atoms with E-state index in [1.54, 1.807) is 25.3 Å². The number of hydrogen-bond donors (Lipinski definition) is 0. The standard InChI is InChI=1S/C6H10Si/c1-2-6-3-5(1)4-7-6/h5-6H,1-4H2/t5-,6+/m0/s1. The summed E-state index contributed by atoms with van der Waals surface area (Å²) in [5.74, 6) is 1.18. The fourth-order valence-electron chi connectivity index (χ4n) is 1.78. The summed E-state index contributed by atoms with van der Waals surface area (Å²) in [6.07, 6.45) is 4.74. The molecule has 0 spiro atoms. The van der Waals surface area contributed by atoms with Crippen LogP contribution in [0.4, 0.5) is 0 Å². The van der Waals surface area contributed by atoms with Crippen LogP contribution in [0.15, 0.2) is 0 Å². The van der Waals surface area contributed by atoms with E-state index in [0.29, 0.717) is 0 Å². The second-order valence-electron chi connectivity index (χ2n) is 2.78. The fourth-order valence-corrected chi connectivity index (χ4v) is 3.69. The van der Waals surface area contributed by atoms with Crippen LogP contribution in [0.25, 0.3) is 0 Å². The van der Waals surface area contributed by atoms with Crippen LogP contribution >= 0.6 is 0 Å². The summed E-state index contributed by atoms with van der Waals surface area (Å²) in [5, 5.41) is 0. The third kappa shape index (κ3) is 0.547. The molecular weight excluding hydrogens is 100 g/mol. The number of hydrogen-bond acceptors (Lipinski definition) is 0. The van der Waals surface area contributed by atoms with Crippen molar-refractivity contribution in [1.82, 2.24) is 0 Å². The Morgan fingerprint density at radius 3 is 2.43 bits per heavy atom. The molecule has 0 aromatic carbocycles. The maximum absolute atomic E-state index is 1.60. The molecule has 2 fully saturated rings. The first kappa shape index (κ1) is 4.13. The monoisotopic (exact) mass is 110 g/mol. The molecule has 1 heteroatoms. The molecule has 2 bridgehead atoms. The smallest absolute Gasteiger partial charge is 0.0416 e. The maximum atomic E-state index is 1.60. The second kappa shape index (κ2) is 1.34. The summed E-state index contributed by atoms with van der Waals surface area (Å²) in [6, 6.07) is 1.59. The van der Waals surface area contributed by atoms with E-state index in [1.165, 1.54) is 21.0 Å². The van der Waals surface area contributed by atoms with E-state index in [0.717, 1.165) is 0 Å². The lowest BCUT2D eigenvalue weighted by Gasteiger charge is -2.04. The van der Waals surface area contributed by atoms with Gasteiger partial charge in [-0.25, -0.2) is 0 Å². The summed E-state index contributed by atoms with van der Waals surface area (Å²) in [4.78, 5) is 0. The van der Waals surface area contributed by atoms with Gasteiger partial charge in [0.15, 0.2) is 0 Å². The molecule has 1 aliphatic carbocycles. The molecule has 7 heavy (non-hydrogen) atoms. The average molecular weight is 110 g/mol. The molecule has 1 saturated heterocycles. The largest absolute Gasteiger partial charge is 0.0582 e. The van der Waals surface area contributed by atoms with Crippen LogP contribution in [0.1, 0.15) is 19.3 Å². The van der Waals surface area contributed by atoms with Gasteiger partial charge in [0, 0.05) is 9.52 Å². The Hall–Kier alpha value is 0.217. The first-order valence-electron chi connectivity index (χ1n) is 3.18. The zero-order chi connectivity index (χ0) is 4.69. The second-order valence-corrected chi connectivity index (χ2v) is 4.42. The minimum absolute atomic E-state index is 1.18. The average Bonchev–Trinajstić information content (AvgIpc) is 2.22. The molecular formula is C6H10Si. The van der Waals surface area contributed by atoms with Crippen molar-refractivity contribution in [3.05, 3.63) is 0 Å². The van der Waals surface area contributed by atoms with Crippen LogP contribution in [0, 0.1) is 5.92 Å². The van der Waals surface area contributed by atoms with Gasteiger partial charge >= 0.3 is 0 Å². The zero-order valence-electron chi connectivity index (χ0n) is 4.48. The Kier molecular flexibility index (Phi) is 0.794. The van der Waals surface area contributed by atoms with E-state index < -0.39 is 0 Å². The van der Waals surface area contributed by atoms with Crippen molar-refractivity contribution in [1.29, 1.82) is 0 Å². The SMILES string of the molecule is C1C[C@@H]2C[C@H]1C[Si]2. The minimum atomic E-state index is 1.18. The van der Waals surface area contributed by atoms with Gasteiger partial charge in [-0.15, -0.1) is 0 Å². The van der Waals surface area contributed by atoms with Gasteiger partial charge in [-0.1, -0.05) is 25.3 Å². The maximum Gasteiger partial charge on any atom is 0.0416 e. The summed E-state index contributed by atoms with van der Waals surface area (Å²) in [7, 11) is 1.35. The Labute approximate surface area is 47.1 Å². The molecule has 2 atom stereocenters. The highest BCUT2D eigenvalue weighted by molar-refractivity contribution is 6.39. The van der Waals surface area contributed by atoms with Crippen LogP contribution in [0.2, 0.25) is 11.6 Å². The molecule has 0 unspecified atom stereocenters. The molecule has 1 heterocycles. The van der Waals surface area contributed by atoms with Crippen molar-refractivity contribution in [2.45, 2.75) is 30.8 Å². The van der Waals surface area contributed by atoms with Crippen molar-refractivity contribution in [2.24, 2.45) is 5.92 Å². The highest BCUT2D eigenvalue weighted by atomic mass is 28.2. The van der Waals surface area contributed by atoms with Gasteiger partial charge in [0.2, 0.25) is 0 Å². The predicted molar refractivity (Wildman–Crippen MR) is 31.7 cm³/mol. The lowest BCUT2D eigenvalue weighted by atomic mass is 10.1. The molecule has 0 aromatic rings. The lowest BCUT2D eigenvalue weighted by molar-refractivity contribution is 0.624. The van der Waals surface area contributed by atoms with Crippen molar-refractivity contribution < 1.29 is 0 Å². The Bertz CT molecular complexity index is 62.2. The van der Waals surface area contributed by atoms with Crippen LogP contribution in [0.5, 0.6) is 0 Å². The van der Waals surface area contributed by atoms with Gasteiger partial charge in [0.05, 0.1) is 0 Å². The van der Waals surface area contributed by atoms with Crippen LogP contribution in [-0.2, 0) is 0 Å². The molecule has 2 radical (unpaired) electrons. The number of fused-ring (bicyclic) bond motifs is 2. The van der Waals surface area contributed by atoms with E-state index in [-0.39, 0.29) is 0 Å². The van der Waals surface area contributed by atoms with Gasteiger partial charge in [0.25, 0.3) is 0 Å². The van der Waals surface area contributed by atoms with Crippen molar-refractivity contribution >= 4 is 9.52 Å². The summed E-state index contributed by atoms with van der Waals surface area (Å²) in [6.45, 7) is 0. The molecule has 2 rings (SSSR count). The normalized spacial score (nSPS) is 48.0. The van der Waals surface area contributed by atoms with Crippen molar-refractivity contribution in [3.8, 4) is 0 Å². The fraction of sp³-hybridized carbons (Fsp3) is 1.00. The summed E-state index contributed by atoms with van der Waals surface area (Å²) in [5.41, 5.74) is 1.20. The quantitative estimate of drug-likeness (QED) is 0.416. The third-order valence-corrected chi connectivity index (χ3v) is 4.15. The van der Waals surface area contributed by atoms with Gasteiger partial charge in [0.1, 0.15) is 0 Å². The summed E-state index contributed by atoms with van der Waals surface area (Å²) >= 11 is 0. The molecule has 0 amide bonds. The van der Waals surface area contributed by atoms with E-state index >= 15 is 0 Å². The molecule has 2 aliphatic rings. The van der Waals surface area contributed by atoms with Gasteiger partial charge in [-0.05, 0) is 11.5 Å². The molecule has 0 nitrogen and oxygen atoms in total. The van der Waals surface area contributed by atoms with Crippen molar-refractivity contribution in [3.63, 3.8) is 0 Å². The third-order valence-electron chi connectivity index (χ3n) is 2.24. The first-order chi connectivity index (χ1) is 3.45. The van der Waals surface area contributed by atoms with Gasteiger partial charge < -0.3 is 0 Å². The van der Waals surface area contributed by atoms with E-state index in [1.807, 2.05) is 0 Å². The summed E-state index contributed by atoms with van der Waals surface area (Å²) < 4.78 is 0. The first-order valence-corrected chi connectivity index (χ1v) is 4.47. The van der Waals surface area contributed by atoms with Gasteiger partial charge in [-0.3, -0.25) is 0 Å². The topological polar surface area (TPSA) is 0 Å². The highest BCUT2D eigenvalue weighted by Crippen LogP contribution is 2.43. The van der Waals surface area contributed by atoms with Gasteiger partial charge in [-0.2, -0.15) is 0 Å². The van der Waals surface area contributed by atoms with Crippen LogP contribution in [0.3, 0.4) is 0 Å². The van der Waals surface area contributed by atoms with Crippen molar-refractivity contribution in [2.75, 3.05) is 0 Å². The highest BCUT2D eigenvalue weighted by Gasteiger charge is 2.31. The van der Waals surface area contributed by atoms with Crippen LogP contribution in [-0.4, -0.2) is 9.52 Å². The Morgan fingerprint density at radius 2 is 2.29 bits per heavy atom.